The van der Waals surface area contributed by atoms with Gasteiger partial charge in [-0.1, -0.05) is 6.07 Å². The number of hydrogen-bond donors (Lipinski definition) is 2. The van der Waals surface area contributed by atoms with Crippen molar-refractivity contribution in [3.8, 4) is 0 Å². The van der Waals surface area contributed by atoms with Crippen molar-refractivity contribution in [1.29, 1.82) is 0 Å². The fraction of sp³-hybridized carbons (Fsp3) is 0.0714. The van der Waals surface area contributed by atoms with Crippen molar-refractivity contribution in [1.82, 2.24) is 0 Å². The number of anilines is 2. The summed E-state index contributed by atoms with van der Waals surface area (Å²) in [4.78, 5) is 0. The van der Waals surface area contributed by atoms with Gasteiger partial charge in [0.1, 0.15) is 7.05 Å². The van der Waals surface area contributed by atoms with Gasteiger partial charge in [-0.25, -0.2) is 0 Å². The van der Waals surface area contributed by atoms with Crippen molar-refractivity contribution in [2.75, 3.05) is 11.5 Å². The Bertz CT molecular complexity index is 732. The fourth-order valence-corrected chi connectivity index (χ4v) is 2.30. The zero-order chi connectivity index (χ0) is 12.0. The molecule has 3 nitrogen and oxygen atoms in total. The molecule has 1 heterocycles. The van der Waals surface area contributed by atoms with Gasteiger partial charge in [-0.05, 0) is 24.3 Å². The summed E-state index contributed by atoms with van der Waals surface area (Å²) in [5, 5.41) is 2.17. The molecule has 0 aliphatic rings. The maximum absolute atomic E-state index is 6.01. The summed E-state index contributed by atoms with van der Waals surface area (Å²) in [5.41, 5.74) is 15.7. The average molecular weight is 224 g/mol. The monoisotopic (exact) mass is 224 g/mol. The van der Waals surface area contributed by atoms with E-state index in [0.29, 0.717) is 0 Å². The molecule has 0 radical (unpaired) electrons. The predicted molar refractivity (Wildman–Crippen MR) is 71.5 cm³/mol. The maximum Gasteiger partial charge on any atom is 0.214 e. The number of pyridine rings is 1. The van der Waals surface area contributed by atoms with Gasteiger partial charge in [0, 0.05) is 28.9 Å². The lowest BCUT2D eigenvalue weighted by Crippen LogP contribution is -2.30. The molecule has 4 N–H and O–H groups in total. The van der Waals surface area contributed by atoms with Crippen molar-refractivity contribution in [3.63, 3.8) is 0 Å². The molecule has 84 valence electrons. The van der Waals surface area contributed by atoms with Crippen LogP contribution in [0.1, 0.15) is 0 Å². The molecule has 0 amide bonds. The van der Waals surface area contributed by atoms with Crippen molar-refractivity contribution in [3.05, 3.63) is 42.5 Å². The summed E-state index contributed by atoms with van der Waals surface area (Å²) in [7, 11) is 2.04. The maximum atomic E-state index is 6.01. The minimum atomic E-state index is 0.770. The molecule has 0 saturated heterocycles. The van der Waals surface area contributed by atoms with Gasteiger partial charge in [0.15, 0.2) is 0 Å². The van der Waals surface area contributed by atoms with Crippen molar-refractivity contribution >= 4 is 33.2 Å². The molecule has 3 rings (SSSR count). The van der Waals surface area contributed by atoms with Crippen LogP contribution in [0, 0.1) is 0 Å². The molecule has 0 saturated carbocycles. The number of benzene rings is 2. The molecule has 0 atom stereocenters. The van der Waals surface area contributed by atoms with Crippen LogP contribution in [0.3, 0.4) is 0 Å². The van der Waals surface area contributed by atoms with Gasteiger partial charge in [0.05, 0.1) is 5.39 Å². The van der Waals surface area contributed by atoms with E-state index in [9.17, 15) is 0 Å². The largest absolute Gasteiger partial charge is 0.399 e. The summed E-state index contributed by atoms with van der Waals surface area (Å²) in [6.45, 7) is 0. The Morgan fingerprint density at radius 3 is 2.59 bits per heavy atom. The van der Waals surface area contributed by atoms with Crippen LogP contribution < -0.4 is 16.0 Å². The number of nitrogens with two attached hydrogens (primary N) is 2. The first-order valence-electron chi connectivity index (χ1n) is 5.53. The van der Waals surface area contributed by atoms with Gasteiger partial charge in [0.25, 0.3) is 0 Å². The molecule has 0 fully saturated rings. The molecule has 2 aromatic carbocycles. The van der Waals surface area contributed by atoms with E-state index in [0.717, 1.165) is 33.2 Å². The standard InChI is InChI=1S/C14H13N3/c1-17-13-6-5-10(15)7-9(13)8-11-12(16)3-2-4-14(11)17/h2-8,16H,15H2,1H3/p+1. The van der Waals surface area contributed by atoms with E-state index < -0.39 is 0 Å². The first-order valence-corrected chi connectivity index (χ1v) is 5.53. The quantitative estimate of drug-likeness (QED) is 0.348. The predicted octanol–water partition coefficient (Wildman–Crippen LogP) is 1.98. The number of rotatable bonds is 0. The van der Waals surface area contributed by atoms with E-state index in [4.69, 9.17) is 11.5 Å². The molecule has 17 heavy (non-hydrogen) atoms. The van der Waals surface area contributed by atoms with Gasteiger partial charge in [-0.2, -0.15) is 4.57 Å². The molecular weight excluding hydrogens is 210 g/mol. The van der Waals surface area contributed by atoms with Crippen molar-refractivity contribution in [2.45, 2.75) is 0 Å². The Kier molecular flexibility index (Phi) is 1.95. The first-order chi connectivity index (χ1) is 8.16. The molecule has 0 aliphatic carbocycles. The van der Waals surface area contributed by atoms with Crippen molar-refractivity contribution in [2.24, 2.45) is 7.05 Å². The molecule has 0 bridgehead atoms. The number of aryl methyl sites for hydroxylation is 1. The molecule has 0 aliphatic heterocycles. The summed E-state index contributed by atoms with van der Waals surface area (Å²) in [6, 6.07) is 14.0. The lowest BCUT2D eigenvalue weighted by Gasteiger charge is -2.04. The summed E-state index contributed by atoms with van der Waals surface area (Å²) in [6.07, 6.45) is 0. The highest BCUT2D eigenvalue weighted by Crippen LogP contribution is 2.23. The number of hydrogen-bond acceptors (Lipinski definition) is 2. The third kappa shape index (κ3) is 1.40. The Morgan fingerprint density at radius 2 is 1.76 bits per heavy atom. The summed E-state index contributed by atoms with van der Waals surface area (Å²) in [5.74, 6) is 0. The molecule has 3 aromatic rings. The second-order valence-corrected chi connectivity index (χ2v) is 4.30. The smallest absolute Gasteiger partial charge is 0.214 e. The van der Waals surface area contributed by atoms with Crippen LogP contribution in [0.5, 0.6) is 0 Å². The minimum Gasteiger partial charge on any atom is -0.399 e. The van der Waals surface area contributed by atoms with Crippen LogP contribution in [0.15, 0.2) is 42.5 Å². The number of fused-ring (bicyclic) bond motifs is 2. The van der Waals surface area contributed by atoms with Gasteiger partial charge >= 0.3 is 0 Å². The summed E-state index contributed by atoms with van der Waals surface area (Å²) >= 11 is 0. The molecule has 3 heteroatoms. The van der Waals surface area contributed by atoms with Crippen LogP contribution in [0.4, 0.5) is 11.4 Å². The lowest BCUT2D eigenvalue weighted by atomic mass is 10.1. The molecular formula is C14H14N3+. The third-order valence-electron chi connectivity index (χ3n) is 3.19. The van der Waals surface area contributed by atoms with E-state index in [1.807, 2.05) is 37.4 Å². The number of nitrogen functional groups attached to an aromatic ring is 2. The van der Waals surface area contributed by atoms with Gasteiger partial charge in [0.2, 0.25) is 11.0 Å². The Labute approximate surface area is 99.3 Å². The molecule has 0 unspecified atom stereocenters. The first kappa shape index (κ1) is 9.90. The highest BCUT2D eigenvalue weighted by atomic mass is 14.9. The van der Waals surface area contributed by atoms with Gasteiger partial charge in [-0.3, -0.25) is 0 Å². The van der Waals surface area contributed by atoms with Crippen LogP contribution in [-0.4, -0.2) is 0 Å². The zero-order valence-corrected chi connectivity index (χ0v) is 9.64. The van der Waals surface area contributed by atoms with E-state index in [1.54, 1.807) is 0 Å². The Morgan fingerprint density at radius 1 is 0.941 bits per heavy atom. The Hall–Kier alpha value is -2.29. The Balaban J connectivity index is 2.57. The van der Waals surface area contributed by atoms with Crippen LogP contribution >= 0.6 is 0 Å². The highest BCUT2D eigenvalue weighted by Gasteiger charge is 2.12. The average Bonchev–Trinajstić information content (AvgIpc) is 2.30. The van der Waals surface area contributed by atoms with Crippen LogP contribution in [-0.2, 0) is 7.05 Å². The van der Waals surface area contributed by atoms with Crippen molar-refractivity contribution < 1.29 is 4.57 Å². The highest BCUT2D eigenvalue weighted by molar-refractivity contribution is 5.96. The molecule has 1 aromatic heterocycles. The van der Waals surface area contributed by atoms with Gasteiger partial charge in [-0.15, -0.1) is 0 Å². The second kappa shape index (κ2) is 3.35. The zero-order valence-electron chi connectivity index (χ0n) is 9.64. The second-order valence-electron chi connectivity index (χ2n) is 4.30. The third-order valence-corrected chi connectivity index (χ3v) is 3.19. The van der Waals surface area contributed by atoms with Gasteiger partial charge < -0.3 is 11.5 Å². The van der Waals surface area contributed by atoms with Crippen LogP contribution in [0.25, 0.3) is 21.8 Å². The van der Waals surface area contributed by atoms with E-state index in [2.05, 4.69) is 16.7 Å². The number of aromatic nitrogens is 1. The fourth-order valence-electron chi connectivity index (χ4n) is 2.30. The van der Waals surface area contributed by atoms with E-state index in [1.165, 1.54) is 0 Å². The van der Waals surface area contributed by atoms with E-state index in [-0.39, 0.29) is 0 Å². The SMILES string of the molecule is C[n+]1c2ccc(N)cc2cc2c(N)cccc21. The van der Waals surface area contributed by atoms with E-state index >= 15 is 0 Å². The minimum absolute atomic E-state index is 0.770. The number of nitrogens with zero attached hydrogens (tertiary/aromatic N) is 1. The van der Waals surface area contributed by atoms with Crippen LogP contribution in [0.2, 0.25) is 0 Å². The normalized spacial score (nSPS) is 11.1. The summed E-state index contributed by atoms with van der Waals surface area (Å²) < 4.78 is 2.14. The molecule has 0 spiro atoms. The lowest BCUT2D eigenvalue weighted by molar-refractivity contribution is -0.617. The topological polar surface area (TPSA) is 55.9 Å².